The molecule has 2 amide bonds. The van der Waals surface area contributed by atoms with Crippen molar-refractivity contribution < 1.29 is 23.4 Å². The van der Waals surface area contributed by atoms with Crippen molar-refractivity contribution in [3.8, 4) is 35.4 Å². The topological polar surface area (TPSA) is 107 Å². The van der Waals surface area contributed by atoms with Gasteiger partial charge < -0.3 is 29.9 Å². The molecule has 2 aliphatic heterocycles. The van der Waals surface area contributed by atoms with Gasteiger partial charge in [0.2, 0.25) is 0 Å². The lowest BCUT2D eigenvalue weighted by atomic mass is 9.96. The number of rotatable bonds is 7. The van der Waals surface area contributed by atoms with E-state index in [0.717, 1.165) is 19.4 Å². The number of phenols is 1. The number of nitrogens with zero attached hydrogens (tertiary/aromatic N) is 6. The van der Waals surface area contributed by atoms with Crippen molar-refractivity contribution in [2.24, 2.45) is 0 Å². The third-order valence-electron chi connectivity index (χ3n) is 8.41. The van der Waals surface area contributed by atoms with Crippen LogP contribution in [0.3, 0.4) is 0 Å². The van der Waals surface area contributed by atoms with Gasteiger partial charge in [-0.3, -0.25) is 4.98 Å². The Morgan fingerprint density at radius 3 is 2.71 bits per heavy atom. The Balaban J connectivity index is 1.43. The number of piperazine rings is 1. The second kappa shape index (κ2) is 12.9. The van der Waals surface area contributed by atoms with Crippen molar-refractivity contribution in [2.45, 2.75) is 18.9 Å². The standard InChI is InChI=1S/C32H32ClF2N7O3/c1-3-22-25(34)7-6-19-15-21(43)16-23(26(19)22)28-27(35)29-24(17-37-28)30(39-31(38-29)45-18-20-5-4-10-40(20)2)41-11-13-42(14-12-41)32(44)36-9-8-33/h1,6-7,15-17,20,43H,4-5,8-14,18H2,2H3,(H,36,44)/t20-/m0/s1. The summed E-state index contributed by atoms with van der Waals surface area (Å²) in [4.78, 5) is 31.9. The van der Waals surface area contributed by atoms with E-state index < -0.39 is 11.6 Å². The fourth-order valence-electron chi connectivity index (χ4n) is 6.02. The smallest absolute Gasteiger partial charge is 0.319 e. The Bertz CT molecular complexity index is 1810. The van der Waals surface area contributed by atoms with E-state index >= 15 is 4.39 Å². The van der Waals surface area contributed by atoms with Crippen LogP contribution >= 0.6 is 11.6 Å². The Morgan fingerprint density at radius 1 is 1.20 bits per heavy atom. The van der Waals surface area contributed by atoms with E-state index in [0.29, 0.717) is 61.8 Å². The van der Waals surface area contributed by atoms with E-state index in [-0.39, 0.29) is 51.6 Å². The monoisotopic (exact) mass is 635 g/mol. The summed E-state index contributed by atoms with van der Waals surface area (Å²) in [5.74, 6) is 1.49. The summed E-state index contributed by atoms with van der Waals surface area (Å²) >= 11 is 5.71. The molecule has 0 unspecified atom stereocenters. The number of aromatic nitrogens is 3. The van der Waals surface area contributed by atoms with E-state index in [1.165, 1.54) is 30.5 Å². The van der Waals surface area contributed by atoms with Gasteiger partial charge in [0.15, 0.2) is 5.82 Å². The van der Waals surface area contributed by atoms with E-state index in [2.05, 4.69) is 26.1 Å². The molecule has 2 fully saturated rings. The number of carbonyl (C=O) groups excluding carboxylic acids is 1. The first kappa shape index (κ1) is 30.6. The van der Waals surface area contributed by atoms with Crippen LogP contribution in [0.1, 0.15) is 18.4 Å². The number of halogens is 3. The number of urea groups is 1. The highest BCUT2D eigenvalue weighted by atomic mass is 35.5. The highest BCUT2D eigenvalue weighted by Crippen LogP contribution is 2.38. The largest absolute Gasteiger partial charge is 0.508 e. The van der Waals surface area contributed by atoms with E-state index in [1.807, 2.05) is 11.9 Å². The number of likely N-dealkylation sites (N-methyl/N-ethyl adjacent to an activating group) is 1. The Morgan fingerprint density at radius 2 is 2.00 bits per heavy atom. The number of amides is 2. The predicted octanol–water partition coefficient (Wildman–Crippen LogP) is 4.35. The summed E-state index contributed by atoms with van der Waals surface area (Å²) in [7, 11) is 2.03. The molecule has 13 heteroatoms. The maximum Gasteiger partial charge on any atom is 0.319 e. The predicted molar refractivity (Wildman–Crippen MR) is 169 cm³/mol. The van der Waals surface area contributed by atoms with Gasteiger partial charge in [-0.2, -0.15) is 9.97 Å². The number of terminal acetylenes is 1. The summed E-state index contributed by atoms with van der Waals surface area (Å²) < 4.78 is 37.5. The molecule has 0 radical (unpaired) electrons. The van der Waals surface area contributed by atoms with Gasteiger partial charge in [0.25, 0.3) is 0 Å². The van der Waals surface area contributed by atoms with Crippen LogP contribution in [0, 0.1) is 24.0 Å². The number of nitrogens with one attached hydrogen (secondary N) is 1. The number of fused-ring (bicyclic) bond motifs is 2. The molecule has 2 saturated heterocycles. The molecule has 4 heterocycles. The highest BCUT2D eigenvalue weighted by molar-refractivity contribution is 6.18. The molecule has 45 heavy (non-hydrogen) atoms. The fourth-order valence-corrected chi connectivity index (χ4v) is 6.11. The SMILES string of the molecule is C#Cc1c(F)ccc2cc(O)cc(-c3ncc4c(N5CCN(C(=O)NCCCl)CC5)nc(OC[C@@H]5CCCN5C)nc4c3F)c12. The normalized spacial score (nSPS) is 17.2. The second-order valence-corrected chi connectivity index (χ2v) is 11.5. The van der Waals surface area contributed by atoms with Crippen LogP contribution in [0.25, 0.3) is 32.9 Å². The number of alkyl halides is 1. The number of anilines is 1. The van der Waals surface area contributed by atoms with Gasteiger partial charge in [0.05, 0.1) is 10.9 Å². The zero-order chi connectivity index (χ0) is 31.7. The number of likely N-dealkylation sites (tertiary alicyclic amines) is 1. The molecule has 1 atom stereocenters. The van der Waals surface area contributed by atoms with E-state index in [9.17, 15) is 14.3 Å². The first-order valence-electron chi connectivity index (χ1n) is 14.7. The molecule has 0 spiro atoms. The number of benzene rings is 2. The maximum atomic E-state index is 16.6. The number of phenolic OH excluding ortho intramolecular Hbond substituents is 1. The minimum absolute atomic E-state index is 0.00672. The van der Waals surface area contributed by atoms with E-state index in [4.69, 9.17) is 27.7 Å². The van der Waals surface area contributed by atoms with Gasteiger partial charge in [0, 0.05) is 61.8 Å². The molecular weight excluding hydrogens is 604 g/mol. The fraction of sp³-hybridized carbons (Fsp3) is 0.375. The molecule has 0 bridgehead atoms. The summed E-state index contributed by atoms with van der Waals surface area (Å²) in [5, 5.41) is 14.3. The van der Waals surface area contributed by atoms with Gasteiger partial charge in [0.1, 0.15) is 35.2 Å². The van der Waals surface area contributed by atoms with Gasteiger partial charge in [-0.1, -0.05) is 12.0 Å². The minimum Gasteiger partial charge on any atom is -0.508 e. The number of hydrogen-bond donors (Lipinski definition) is 2. The lowest BCUT2D eigenvalue weighted by Gasteiger charge is -2.35. The van der Waals surface area contributed by atoms with E-state index in [1.54, 1.807) is 4.90 Å². The molecule has 0 aliphatic carbocycles. The summed E-state index contributed by atoms with van der Waals surface area (Å²) in [6.07, 6.45) is 9.13. The third-order valence-corrected chi connectivity index (χ3v) is 8.60. The van der Waals surface area contributed by atoms with Gasteiger partial charge in [-0.25, -0.2) is 13.6 Å². The van der Waals surface area contributed by atoms with Crippen LogP contribution in [0.2, 0.25) is 0 Å². The third kappa shape index (κ3) is 5.98. The quantitative estimate of drug-likeness (QED) is 0.228. The molecule has 10 nitrogen and oxygen atoms in total. The van der Waals surface area contributed by atoms with Crippen molar-refractivity contribution in [3.05, 3.63) is 47.7 Å². The number of hydrogen-bond acceptors (Lipinski definition) is 8. The van der Waals surface area contributed by atoms with Crippen LogP contribution in [0.4, 0.5) is 19.4 Å². The number of aromatic hydroxyl groups is 1. The molecule has 0 saturated carbocycles. The molecular formula is C32H32ClF2N7O3. The zero-order valence-corrected chi connectivity index (χ0v) is 25.4. The average molecular weight is 636 g/mol. The summed E-state index contributed by atoms with van der Waals surface area (Å²) in [6.45, 7) is 3.33. The van der Waals surface area contributed by atoms with Gasteiger partial charge in [-0.15, -0.1) is 18.0 Å². The lowest BCUT2D eigenvalue weighted by molar-refractivity contribution is 0.187. The average Bonchev–Trinajstić information content (AvgIpc) is 3.46. The Kier molecular flexibility index (Phi) is 8.74. The minimum atomic E-state index is -0.794. The zero-order valence-electron chi connectivity index (χ0n) is 24.7. The van der Waals surface area contributed by atoms with Crippen molar-refractivity contribution in [3.63, 3.8) is 0 Å². The van der Waals surface area contributed by atoms with Crippen LogP contribution < -0.4 is 15.0 Å². The summed E-state index contributed by atoms with van der Waals surface area (Å²) in [5.41, 5.74) is -0.136. The summed E-state index contributed by atoms with van der Waals surface area (Å²) in [6, 6.07) is 5.39. The molecule has 2 aromatic carbocycles. The Hall–Kier alpha value is -4.47. The van der Waals surface area contributed by atoms with Crippen LogP contribution in [0.15, 0.2) is 30.5 Å². The molecule has 6 rings (SSSR count). The van der Waals surface area contributed by atoms with Gasteiger partial charge >= 0.3 is 12.0 Å². The lowest BCUT2D eigenvalue weighted by Crippen LogP contribution is -2.52. The number of ether oxygens (including phenoxy) is 1. The molecule has 2 N–H and O–H groups in total. The highest BCUT2D eigenvalue weighted by Gasteiger charge is 2.28. The Labute approximate surface area is 264 Å². The molecule has 2 aromatic heterocycles. The number of pyridine rings is 1. The molecule has 234 valence electrons. The van der Waals surface area contributed by atoms with Crippen molar-refractivity contribution in [2.75, 3.05) is 63.7 Å². The van der Waals surface area contributed by atoms with Crippen molar-refractivity contribution >= 4 is 45.1 Å². The first-order chi connectivity index (χ1) is 21.8. The van der Waals surface area contributed by atoms with Crippen molar-refractivity contribution in [1.82, 2.24) is 30.1 Å². The molecule has 2 aliphatic rings. The molecule has 4 aromatic rings. The van der Waals surface area contributed by atoms with Crippen LogP contribution in [0.5, 0.6) is 11.8 Å². The van der Waals surface area contributed by atoms with Gasteiger partial charge in [-0.05, 0) is 50.0 Å². The maximum absolute atomic E-state index is 16.6. The number of carbonyl (C=O) groups is 1. The second-order valence-electron chi connectivity index (χ2n) is 11.2. The first-order valence-corrected chi connectivity index (χ1v) is 15.3. The van der Waals surface area contributed by atoms with Crippen LogP contribution in [-0.4, -0.2) is 101 Å². The van der Waals surface area contributed by atoms with Crippen LogP contribution in [-0.2, 0) is 0 Å². The van der Waals surface area contributed by atoms with Crippen molar-refractivity contribution in [1.29, 1.82) is 0 Å².